The van der Waals surface area contributed by atoms with Gasteiger partial charge in [-0.2, -0.15) is 0 Å². The lowest BCUT2D eigenvalue weighted by molar-refractivity contribution is -0.140. The van der Waals surface area contributed by atoms with Crippen LogP contribution >= 0.6 is 0 Å². The number of nitrogens with zero attached hydrogens (tertiary/aromatic N) is 1. The van der Waals surface area contributed by atoms with Crippen molar-refractivity contribution in [1.82, 2.24) is 9.55 Å². The topological polar surface area (TPSA) is 93.6 Å². The number of carbonyl (C=O) groups is 1. The van der Waals surface area contributed by atoms with E-state index in [1.807, 2.05) is 24.4 Å². The normalized spacial score (nSPS) is 12.0. The fourth-order valence-corrected chi connectivity index (χ4v) is 4.42. The van der Waals surface area contributed by atoms with Gasteiger partial charge in [0.25, 0.3) is 5.56 Å². The third kappa shape index (κ3) is 4.55. The lowest BCUT2D eigenvalue weighted by Crippen LogP contribution is -2.29. The molecule has 0 saturated heterocycles. The molecule has 4 rings (SSSR count). The van der Waals surface area contributed by atoms with Crippen molar-refractivity contribution >= 4 is 16.9 Å². The first kappa shape index (κ1) is 23.2. The van der Waals surface area contributed by atoms with Crippen LogP contribution in [-0.4, -0.2) is 34.8 Å². The van der Waals surface area contributed by atoms with E-state index in [2.05, 4.69) is 11.1 Å². The van der Waals surface area contributed by atoms with Crippen molar-refractivity contribution in [3.63, 3.8) is 0 Å². The summed E-state index contributed by atoms with van der Waals surface area (Å²) in [4.78, 5) is 29.2. The van der Waals surface area contributed by atoms with E-state index in [1.165, 1.54) is 7.11 Å². The van der Waals surface area contributed by atoms with Crippen LogP contribution in [0.3, 0.4) is 0 Å². The maximum atomic E-state index is 13.7. The zero-order valence-corrected chi connectivity index (χ0v) is 19.5. The molecule has 0 fully saturated rings. The molecule has 0 amide bonds. The summed E-state index contributed by atoms with van der Waals surface area (Å²) < 4.78 is 11.8. The van der Waals surface area contributed by atoms with Crippen LogP contribution in [0.25, 0.3) is 10.9 Å². The number of para-hydroxylation sites is 1. The Morgan fingerprint density at radius 3 is 2.56 bits per heavy atom. The van der Waals surface area contributed by atoms with E-state index >= 15 is 0 Å². The number of aromatic hydroxyl groups is 1. The second-order valence-corrected chi connectivity index (χ2v) is 8.26. The average Bonchev–Trinajstić information content (AvgIpc) is 3.26. The summed E-state index contributed by atoms with van der Waals surface area (Å²) >= 11 is 0. The molecule has 0 aliphatic heterocycles. The Morgan fingerprint density at radius 2 is 1.85 bits per heavy atom. The number of esters is 1. The molecule has 0 aliphatic rings. The molecule has 0 bridgehead atoms. The van der Waals surface area contributed by atoms with Crippen molar-refractivity contribution in [3.8, 4) is 11.5 Å². The van der Waals surface area contributed by atoms with E-state index in [9.17, 15) is 14.7 Å². The molecule has 7 nitrogen and oxygen atoms in total. The second-order valence-electron chi connectivity index (χ2n) is 8.26. The van der Waals surface area contributed by atoms with Gasteiger partial charge in [-0.25, -0.2) is 0 Å². The molecule has 1 atom stereocenters. The number of nitrogens with one attached hydrogen (secondary N) is 1. The number of aryl methyl sites for hydroxylation is 2. The van der Waals surface area contributed by atoms with Crippen molar-refractivity contribution in [2.24, 2.45) is 0 Å². The summed E-state index contributed by atoms with van der Waals surface area (Å²) in [5.74, 6) is -0.600. The Bertz CT molecular complexity index is 1370. The third-order valence-corrected chi connectivity index (χ3v) is 6.27. The van der Waals surface area contributed by atoms with Gasteiger partial charge in [0.2, 0.25) is 0 Å². The van der Waals surface area contributed by atoms with Gasteiger partial charge in [0.15, 0.2) is 0 Å². The smallest absolute Gasteiger partial charge is 0.306 e. The zero-order valence-electron chi connectivity index (χ0n) is 19.5. The molecule has 34 heavy (non-hydrogen) atoms. The number of ether oxygens (including phenoxy) is 2. The van der Waals surface area contributed by atoms with Crippen LogP contribution in [0.1, 0.15) is 34.7 Å². The van der Waals surface area contributed by atoms with Gasteiger partial charge in [-0.1, -0.05) is 30.3 Å². The van der Waals surface area contributed by atoms with Gasteiger partial charge in [-0.05, 0) is 48.7 Å². The Balaban J connectivity index is 1.73. The van der Waals surface area contributed by atoms with E-state index in [4.69, 9.17) is 9.47 Å². The van der Waals surface area contributed by atoms with Gasteiger partial charge in [0.05, 0.1) is 26.2 Å². The monoisotopic (exact) mass is 460 g/mol. The van der Waals surface area contributed by atoms with Gasteiger partial charge in [0.1, 0.15) is 11.5 Å². The average molecular weight is 461 g/mol. The number of rotatable bonds is 8. The van der Waals surface area contributed by atoms with E-state index in [0.717, 1.165) is 16.5 Å². The van der Waals surface area contributed by atoms with E-state index in [0.29, 0.717) is 30.0 Å². The molecule has 0 spiro atoms. The Hall–Kier alpha value is -4.00. The highest BCUT2D eigenvalue weighted by atomic mass is 16.5. The predicted octanol–water partition coefficient (Wildman–Crippen LogP) is 4.29. The van der Waals surface area contributed by atoms with E-state index in [1.54, 1.807) is 48.9 Å². The minimum atomic E-state index is -0.661. The summed E-state index contributed by atoms with van der Waals surface area (Å²) in [5, 5.41) is 11.9. The molecule has 0 saturated carbocycles. The second kappa shape index (κ2) is 9.87. The van der Waals surface area contributed by atoms with Gasteiger partial charge < -0.3 is 24.1 Å². The molecule has 0 aliphatic carbocycles. The zero-order chi connectivity index (χ0) is 24.2. The van der Waals surface area contributed by atoms with Crippen LogP contribution in [0.5, 0.6) is 11.5 Å². The molecule has 2 aromatic heterocycles. The Morgan fingerprint density at radius 1 is 1.12 bits per heavy atom. The molecule has 7 heteroatoms. The molecule has 176 valence electrons. The molecule has 2 N–H and O–H groups in total. The lowest BCUT2D eigenvalue weighted by Gasteiger charge is -2.20. The molecular formula is C27H28N2O5. The molecule has 2 aromatic carbocycles. The summed E-state index contributed by atoms with van der Waals surface area (Å²) in [7, 11) is 2.88. The number of hydrogen-bond acceptors (Lipinski definition) is 5. The predicted molar refractivity (Wildman–Crippen MR) is 131 cm³/mol. The minimum absolute atomic E-state index is 0.0723. The van der Waals surface area contributed by atoms with Crippen molar-refractivity contribution in [1.29, 1.82) is 0 Å². The van der Waals surface area contributed by atoms with Gasteiger partial charge in [-0.3, -0.25) is 9.59 Å². The van der Waals surface area contributed by atoms with Crippen LogP contribution in [-0.2, 0) is 22.5 Å². The number of aromatic amines is 1. The first-order valence-electron chi connectivity index (χ1n) is 11.1. The van der Waals surface area contributed by atoms with Gasteiger partial charge in [-0.15, -0.1) is 0 Å². The SMILES string of the molecule is COC(=O)C[C@@H](c1ccc(OC)cc1)c1c(O)cc(C)n(CCc2c[nH]c3ccccc23)c1=O. The minimum Gasteiger partial charge on any atom is -0.507 e. The fraction of sp³-hybridized carbons (Fsp3) is 0.259. The number of carbonyl (C=O) groups excluding carboxylic acids is 1. The number of methoxy groups -OCH3 is 2. The maximum absolute atomic E-state index is 13.7. The van der Waals surface area contributed by atoms with Gasteiger partial charge >= 0.3 is 5.97 Å². The summed E-state index contributed by atoms with van der Waals surface area (Å²) in [5.41, 5.74) is 3.38. The first-order valence-corrected chi connectivity index (χ1v) is 11.1. The lowest BCUT2D eigenvalue weighted by atomic mass is 9.88. The molecule has 2 heterocycles. The van der Waals surface area contributed by atoms with E-state index < -0.39 is 11.9 Å². The molecule has 0 unspecified atom stereocenters. The number of hydrogen-bond donors (Lipinski definition) is 2. The van der Waals surface area contributed by atoms with Crippen LogP contribution in [0.15, 0.2) is 65.6 Å². The molecular weight excluding hydrogens is 432 g/mol. The molecule has 0 radical (unpaired) electrons. The Labute approximate surface area is 197 Å². The maximum Gasteiger partial charge on any atom is 0.306 e. The van der Waals surface area contributed by atoms with Gasteiger partial charge in [0, 0.05) is 35.3 Å². The standard InChI is InChI=1S/C27H28N2O5/c1-17-14-24(30)26(22(15-25(31)34-3)18-8-10-20(33-2)11-9-18)27(32)29(17)13-12-19-16-28-23-7-5-4-6-21(19)23/h4-11,14,16,22,28,30H,12-13,15H2,1-3H3/t22-/m0/s1. The summed E-state index contributed by atoms with van der Waals surface area (Å²) in [6.07, 6.45) is 2.53. The third-order valence-electron chi connectivity index (χ3n) is 6.27. The number of fused-ring (bicyclic) bond motifs is 1. The van der Waals surface area contributed by atoms with E-state index in [-0.39, 0.29) is 23.3 Å². The van der Waals surface area contributed by atoms with Crippen LogP contribution < -0.4 is 10.3 Å². The highest BCUT2D eigenvalue weighted by Gasteiger charge is 2.26. The highest BCUT2D eigenvalue weighted by Crippen LogP contribution is 2.33. The van der Waals surface area contributed by atoms with Crippen LogP contribution in [0, 0.1) is 6.92 Å². The van der Waals surface area contributed by atoms with Crippen molar-refractivity contribution in [2.45, 2.75) is 32.2 Å². The number of aromatic nitrogens is 2. The Kier molecular flexibility index (Phi) is 6.72. The quantitative estimate of drug-likeness (QED) is 0.383. The highest BCUT2D eigenvalue weighted by molar-refractivity contribution is 5.83. The number of pyridine rings is 1. The van der Waals surface area contributed by atoms with Crippen molar-refractivity contribution in [2.75, 3.05) is 14.2 Å². The molecule has 4 aromatic rings. The van der Waals surface area contributed by atoms with Crippen LogP contribution in [0.2, 0.25) is 0 Å². The number of benzene rings is 2. The summed E-state index contributed by atoms with van der Waals surface area (Å²) in [6, 6.07) is 16.7. The fourth-order valence-electron chi connectivity index (χ4n) is 4.42. The number of H-pyrrole nitrogens is 1. The van der Waals surface area contributed by atoms with Crippen LogP contribution in [0.4, 0.5) is 0 Å². The summed E-state index contributed by atoms with van der Waals surface area (Å²) in [6.45, 7) is 2.23. The van der Waals surface area contributed by atoms with Crippen molar-refractivity contribution in [3.05, 3.63) is 93.5 Å². The first-order chi connectivity index (χ1) is 16.4. The van der Waals surface area contributed by atoms with Crippen molar-refractivity contribution < 1.29 is 19.4 Å². The largest absolute Gasteiger partial charge is 0.507 e.